The summed E-state index contributed by atoms with van der Waals surface area (Å²) in [5.74, 6) is 0.736. The highest BCUT2D eigenvalue weighted by Gasteiger charge is 2.15. The van der Waals surface area contributed by atoms with Crippen LogP contribution < -0.4 is 16.0 Å². The van der Waals surface area contributed by atoms with E-state index in [2.05, 4.69) is 57.3 Å². The summed E-state index contributed by atoms with van der Waals surface area (Å²) in [6.45, 7) is 7.48. The van der Waals surface area contributed by atoms with Gasteiger partial charge in [0.05, 0.1) is 0 Å². The molecule has 2 aromatic rings. The Bertz CT molecular complexity index is 776. The number of benzene rings is 2. The normalized spacial score (nSPS) is 11.9. The summed E-state index contributed by atoms with van der Waals surface area (Å²) < 4.78 is 5.20. The quantitative estimate of drug-likeness (QED) is 0.414. The van der Waals surface area contributed by atoms with Crippen LogP contribution >= 0.6 is 0 Å². The molecular formula is C21H30N4O2. The van der Waals surface area contributed by atoms with Crippen LogP contribution in [0, 0.1) is 0 Å². The number of hydrogen-bond acceptors (Lipinski definition) is 3. The van der Waals surface area contributed by atoms with Gasteiger partial charge in [-0.25, -0.2) is 4.79 Å². The topological polar surface area (TPSA) is 74.8 Å². The van der Waals surface area contributed by atoms with E-state index in [0.29, 0.717) is 19.6 Å². The molecule has 0 aliphatic rings. The zero-order chi connectivity index (χ0) is 19.7. The van der Waals surface area contributed by atoms with Crippen LogP contribution in [0.3, 0.4) is 0 Å². The Hall–Kier alpha value is -2.76. The molecule has 0 bridgehead atoms. The first-order valence-electron chi connectivity index (χ1n) is 9.27. The van der Waals surface area contributed by atoms with Crippen LogP contribution in [0.15, 0.2) is 47.5 Å². The molecule has 0 saturated carbocycles. The lowest BCUT2D eigenvalue weighted by atomic mass is 10.0. The van der Waals surface area contributed by atoms with Crippen molar-refractivity contribution in [2.24, 2.45) is 4.99 Å². The van der Waals surface area contributed by atoms with E-state index < -0.39 is 5.60 Å². The number of nitrogens with one attached hydrogen (secondary N) is 3. The molecule has 6 nitrogen and oxygen atoms in total. The molecule has 0 heterocycles. The Kier molecular flexibility index (Phi) is 7.46. The molecule has 0 aliphatic heterocycles. The molecule has 1 amide bonds. The molecule has 0 unspecified atom stereocenters. The van der Waals surface area contributed by atoms with Crippen LogP contribution in [0.2, 0.25) is 0 Å². The molecule has 146 valence electrons. The number of rotatable bonds is 6. The summed E-state index contributed by atoms with van der Waals surface area (Å²) in [4.78, 5) is 15.8. The van der Waals surface area contributed by atoms with Gasteiger partial charge in [0.15, 0.2) is 5.96 Å². The Balaban J connectivity index is 1.72. The van der Waals surface area contributed by atoms with Crippen molar-refractivity contribution in [3.8, 4) is 0 Å². The monoisotopic (exact) mass is 370 g/mol. The van der Waals surface area contributed by atoms with Gasteiger partial charge in [-0.3, -0.25) is 4.99 Å². The van der Waals surface area contributed by atoms with E-state index in [0.717, 1.165) is 12.4 Å². The van der Waals surface area contributed by atoms with Crippen molar-refractivity contribution in [2.75, 3.05) is 20.1 Å². The van der Waals surface area contributed by atoms with Gasteiger partial charge in [0, 0.05) is 26.7 Å². The first-order chi connectivity index (χ1) is 12.9. The van der Waals surface area contributed by atoms with Crippen LogP contribution in [0.5, 0.6) is 0 Å². The van der Waals surface area contributed by atoms with Gasteiger partial charge >= 0.3 is 6.09 Å². The third-order valence-corrected chi connectivity index (χ3v) is 3.86. The number of carbonyl (C=O) groups excluding carboxylic acids is 1. The highest BCUT2D eigenvalue weighted by Crippen LogP contribution is 2.18. The van der Waals surface area contributed by atoms with Gasteiger partial charge in [-0.15, -0.1) is 0 Å². The summed E-state index contributed by atoms with van der Waals surface area (Å²) in [5, 5.41) is 11.8. The number of hydrogen-bond donors (Lipinski definition) is 3. The SMILES string of the molecule is CN=C(NCCCNC(=O)OC(C)(C)C)NCc1cccc2ccccc12. The number of aliphatic imine (C=N–C) groups is 1. The minimum atomic E-state index is -0.476. The zero-order valence-electron chi connectivity index (χ0n) is 16.6. The first kappa shape index (κ1) is 20.6. The van der Waals surface area contributed by atoms with Crippen LogP contribution in [0.4, 0.5) is 4.79 Å². The lowest BCUT2D eigenvalue weighted by molar-refractivity contribution is 0.0527. The maximum Gasteiger partial charge on any atom is 0.407 e. The highest BCUT2D eigenvalue weighted by molar-refractivity contribution is 5.86. The van der Waals surface area contributed by atoms with Gasteiger partial charge in [-0.2, -0.15) is 0 Å². The molecule has 0 aromatic heterocycles. The second-order valence-electron chi connectivity index (χ2n) is 7.27. The number of amides is 1. The number of alkyl carbamates (subject to hydrolysis) is 1. The fraction of sp³-hybridized carbons (Fsp3) is 0.429. The molecule has 0 spiro atoms. The van der Waals surface area contributed by atoms with E-state index in [1.54, 1.807) is 7.05 Å². The van der Waals surface area contributed by atoms with Gasteiger partial charge in [0.25, 0.3) is 0 Å². The van der Waals surface area contributed by atoms with Crippen molar-refractivity contribution in [3.63, 3.8) is 0 Å². The van der Waals surface area contributed by atoms with Crippen LogP contribution in [0.25, 0.3) is 10.8 Å². The van der Waals surface area contributed by atoms with E-state index in [-0.39, 0.29) is 6.09 Å². The van der Waals surface area contributed by atoms with Crippen LogP contribution in [-0.2, 0) is 11.3 Å². The fourth-order valence-corrected chi connectivity index (χ4v) is 2.65. The second-order valence-corrected chi connectivity index (χ2v) is 7.27. The number of guanidine groups is 1. The largest absolute Gasteiger partial charge is 0.444 e. The molecule has 0 radical (unpaired) electrons. The molecule has 2 rings (SSSR count). The Morgan fingerprint density at radius 2 is 1.70 bits per heavy atom. The van der Waals surface area contributed by atoms with E-state index in [9.17, 15) is 4.79 Å². The fourth-order valence-electron chi connectivity index (χ4n) is 2.65. The minimum absolute atomic E-state index is 0.388. The van der Waals surface area contributed by atoms with Gasteiger partial charge < -0.3 is 20.7 Å². The Morgan fingerprint density at radius 1 is 1.00 bits per heavy atom. The minimum Gasteiger partial charge on any atom is -0.444 e. The van der Waals surface area contributed by atoms with Crippen molar-refractivity contribution < 1.29 is 9.53 Å². The van der Waals surface area contributed by atoms with Gasteiger partial charge in [-0.05, 0) is 43.5 Å². The number of ether oxygens (including phenoxy) is 1. The predicted molar refractivity (Wildman–Crippen MR) is 111 cm³/mol. The first-order valence-corrected chi connectivity index (χ1v) is 9.27. The third-order valence-electron chi connectivity index (χ3n) is 3.86. The van der Waals surface area contributed by atoms with Gasteiger partial charge in [0.1, 0.15) is 5.60 Å². The third kappa shape index (κ3) is 7.17. The number of nitrogens with zero attached hydrogens (tertiary/aromatic N) is 1. The average Bonchev–Trinajstić information content (AvgIpc) is 2.62. The van der Waals surface area contributed by atoms with Crippen molar-refractivity contribution in [1.82, 2.24) is 16.0 Å². The van der Waals surface area contributed by atoms with Crippen molar-refractivity contribution in [2.45, 2.75) is 39.3 Å². The molecule has 0 atom stereocenters. The summed E-state index contributed by atoms with van der Waals surface area (Å²) in [6, 6.07) is 14.6. The van der Waals surface area contributed by atoms with Gasteiger partial charge in [-0.1, -0.05) is 42.5 Å². The van der Waals surface area contributed by atoms with Crippen molar-refractivity contribution in [3.05, 3.63) is 48.0 Å². The molecule has 6 heteroatoms. The summed E-state index contributed by atoms with van der Waals surface area (Å²) >= 11 is 0. The van der Waals surface area contributed by atoms with Gasteiger partial charge in [0.2, 0.25) is 0 Å². The molecular weight excluding hydrogens is 340 g/mol. The van der Waals surface area contributed by atoms with E-state index in [1.165, 1.54) is 16.3 Å². The Labute approximate surface area is 161 Å². The number of fused-ring (bicyclic) bond motifs is 1. The predicted octanol–water partition coefficient (Wildman–Crippen LogP) is 3.42. The Morgan fingerprint density at radius 3 is 2.44 bits per heavy atom. The van der Waals surface area contributed by atoms with E-state index >= 15 is 0 Å². The maximum absolute atomic E-state index is 11.6. The smallest absolute Gasteiger partial charge is 0.407 e. The molecule has 0 saturated heterocycles. The summed E-state index contributed by atoms with van der Waals surface area (Å²) in [5.41, 5.74) is 0.748. The van der Waals surface area contributed by atoms with E-state index in [4.69, 9.17) is 4.74 Å². The summed E-state index contributed by atoms with van der Waals surface area (Å²) in [6.07, 6.45) is 0.384. The van der Waals surface area contributed by atoms with Crippen LogP contribution in [-0.4, -0.2) is 37.8 Å². The highest BCUT2D eigenvalue weighted by atomic mass is 16.6. The van der Waals surface area contributed by atoms with Crippen molar-refractivity contribution in [1.29, 1.82) is 0 Å². The van der Waals surface area contributed by atoms with Crippen molar-refractivity contribution >= 4 is 22.8 Å². The molecule has 0 fully saturated rings. The maximum atomic E-state index is 11.6. The average molecular weight is 370 g/mol. The van der Waals surface area contributed by atoms with E-state index in [1.807, 2.05) is 26.8 Å². The zero-order valence-corrected chi connectivity index (χ0v) is 16.6. The molecule has 3 N–H and O–H groups in total. The standard InChI is InChI=1S/C21H30N4O2/c1-21(2,3)27-20(26)24-14-8-13-23-19(22-4)25-15-17-11-7-10-16-9-5-6-12-18(16)17/h5-7,9-12H,8,13-15H2,1-4H3,(H,24,26)(H2,22,23,25). The lowest BCUT2D eigenvalue weighted by Gasteiger charge is -2.19. The molecule has 27 heavy (non-hydrogen) atoms. The molecule has 2 aromatic carbocycles. The molecule has 0 aliphatic carbocycles. The van der Waals surface area contributed by atoms with Crippen LogP contribution in [0.1, 0.15) is 32.8 Å². The number of carbonyl (C=O) groups is 1. The summed E-state index contributed by atoms with van der Waals surface area (Å²) in [7, 11) is 1.75. The lowest BCUT2D eigenvalue weighted by Crippen LogP contribution is -2.39. The second kappa shape index (κ2) is 9.80.